The molecule has 0 saturated carbocycles. The van der Waals surface area contributed by atoms with Crippen LogP contribution in [0.5, 0.6) is 0 Å². The first-order chi connectivity index (χ1) is 7.34. The number of nitrogens with zero attached hydrogens (tertiary/aromatic N) is 1. The molecule has 1 fully saturated rings. The highest BCUT2D eigenvalue weighted by atomic mass is 16.3. The van der Waals surface area contributed by atoms with Crippen LogP contribution in [0.3, 0.4) is 0 Å². The first-order valence-corrected chi connectivity index (χ1v) is 5.41. The number of hydrogen-bond donors (Lipinski definition) is 1. The molecule has 3 nitrogen and oxygen atoms in total. The van der Waals surface area contributed by atoms with Crippen molar-refractivity contribution >= 4 is 11.1 Å². The summed E-state index contributed by atoms with van der Waals surface area (Å²) in [5.74, 6) is 1.92. The Hall–Kier alpha value is -1.35. The molecule has 0 bridgehead atoms. The number of aromatic nitrogens is 1. The van der Waals surface area contributed by atoms with E-state index in [-0.39, 0.29) is 0 Å². The molecule has 2 atom stereocenters. The topological polar surface area (TPSA) is 38.1 Å². The molecule has 0 spiro atoms. The van der Waals surface area contributed by atoms with Crippen LogP contribution >= 0.6 is 0 Å². The highest BCUT2D eigenvalue weighted by Gasteiger charge is 2.28. The van der Waals surface area contributed by atoms with E-state index in [1.54, 1.807) is 0 Å². The number of hydrogen-bond acceptors (Lipinski definition) is 3. The van der Waals surface area contributed by atoms with Gasteiger partial charge in [-0.25, -0.2) is 4.98 Å². The minimum absolute atomic E-state index is 0.428. The molecule has 78 valence electrons. The molecule has 15 heavy (non-hydrogen) atoms. The fourth-order valence-corrected chi connectivity index (χ4v) is 2.19. The number of benzene rings is 1. The van der Waals surface area contributed by atoms with E-state index < -0.39 is 0 Å². The van der Waals surface area contributed by atoms with Gasteiger partial charge in [0.1, 0.15) is 5.52 Å². The van der Waals surface area contributed by atoms with Crippen LogP contribution in [0.4, 0.5) is 0 Å². The van der Waals surface area contributed by atoms with Gasteiger partial charge in [-0.1, -0.05) is 19.1 Å². The van der Waals surface area contributed by atoms with E-state index in [0.717, 1.165) is 30.1 Å². The van der Waals surface area contributed by atoms with E-state index in [9.17, 15) is 0 Å². The maximum Gasteiger partial charge on any atom is 0.200 e. The standard InChI is InChI=1S/C12H14N2O/c1-8-6-13-7-9(8)12-14-10-4-2-3-5-11(10)15-12/h2-5,8-9,13H,6-7H2,1H3/t8-,9-/m1/s1. The van der Waals surface area contributed by atoms with Gasteiger partial charge in [-0.2, -0.15) is 0 Å². The average Bonchev–Trinajstić information content (AvgIpc) is 2.82. The van der Waals surface area contributed by atoms with Crippen molar-refractivity contribution in [2.75, 3.05) is 13.1 Å². The molecule has 3 heteroatoms. The Labute approximate surface area is 88.5 Å². The summed E-state index contributed by atoms with van der Waals surface area (Å²) in [4.78, 5) is 4.54. The van der Waals surface area contributed by atoms with Gasteiger partial charge in [-0.05, 0) is 24.6 Å². The summed E-state index contributed by atoms with van der Waals surface area (Å²) in [6, 6.07) is 7.94. The van der Waals surface area contributed by atoms with Crippen LogP contribution in [0.1, 0.15) is 18.7 Å². The van der Waals surface area contributed by atoms with Crippen molar-refractivity contribution < 1.29 is 4.42 Å². The second-order valence-electron chi connectivity index (χ2n) is 4.26. The normalized spacial score (nSPS) is 26.2. The largest absolute Gasteiger partial charge is 0.440 e. The van der Waals surface area contributed by atoms with Crippen LogP contribution in [0.2, 0.25) is 0 Å². The molecule has 1 aliphatic rings. The third-order valence-electron chi connectivity index (χ3n) is 3.15. The monoisotopic (exact) mass is 202 g/mol. The highest BCUT2D eigenvalue weighted by molar-refractivity contribution is 5.72. The number of fused-ring (bicyclic) bond motifs is 1. The second kappa shape index (κ2) is 3.35. The van der Waals surface area contributed by atoms with E-state index in [2.05, 4.69) is 17.2 Å². The molecule has 2 heterocycles. The lowest BCUT2D eigenvalue weighted by Gasteiger charge is -2.08. The number of para-hydroxylation sites is 2. The molecular weight excluding hydrogens is 188 g/mol. The van der Waals surface area contributed by atoms with Gasteiger partial charge in [-0.3, -0.25) is 0 Å². The Morgan fingerprint density at radius 2 is 2.20 bits per heavy atom. The molecule has 0 aliphatic carbocycles. The van der Waals surface area contributed by atoms with Crippen molar-refractivity contribution in [3.63, 3.8) is 0 Å². The van der Waals surface area contributed by atoms with Crippen LogP contribution in [-0.2, 0) is 0 Å². The van der Waals surface area contributed by atoms with Crippen molar-refractivity contribution in [3.05, 3.63) is 30.2 Å². The molecule has 0 unspecified atom stereocenters. The van der Waals surface area contributed by atoms with Crippen LogP contribution in [0.25, 0.3) is 11.1 Å². The average molecular weight is 202 g/mol. The Bertz CT molecular complexity index is 444. The van der Waals surface area contributed by atoms with Crippen LogP contribution < -0.4 is 5.32 Å². The molecule has 0 amide bonds. The van der Waals surface area contributed by atoms with Gasteiger partial charge in [0.05, 0.1) is 5.92 Å². The SMILES string of the molecule is C[C@@H]1CNC[C@H]1c1nc2ccccc2o1. The van der Waals surface area contributed by atoms with Crippen LogP contribution in [0, 0.1) is 5.92 Å². The number of rotatable bonds is 1. The van der Waals surface area contributed by atoms with E-state index >= 15 is 0 Å². The van der Waals surface area contributed by atoms with Crippen molar-refractivity contribution in [2.24, 2.45) is 5.92 Å². The van der Waals surface area contributed by atoms with Gasteiger partial charge < -0.3 is 9.73 Å². The molecule has 2 aromatic rings. The Morgan fingerprint density at radius 1 is 1.33 bits per heavy atom. The molecule has 1 saturated heterocycles. The predicted octanol–water partition coefficient (Wildman–Crippen LogP) is 2.15. The lowest BCUT2D eigenvalue weighted by molar-refractivity contribution is 0.435. The second-order valence-corrected chi connectivity index (χ2v) is 4.26. The van der Waals surface area contributed by atoms with Crippen LogP contribution in [0.15, 0.2) is 28.7 Å². The maximum absolute atomic E-state index is 5.77. The number of nitrogens with one attached hydrogen (secondary N) is 1. The lowest BCUT2D eigenvalue weighted by atomic mass is 9.98. The number of oxazole rings is 1. The summed E-state index contributed by atoms with van der Waals surface area (Å²) in [7, 11) is 0. The molecule has 1 N–H and O–H groups in total. The third kappa shape index (κ3) is 1.43. The van der Waals surface area contributed by atoms with E-state index in [4.69, 9.17) is 4.42 Å². The van der Waals surface area contributed by atoms with Gasteiger partial charge in [0, 0.05) is 6.54 Å². The fourth-order valence-electron chi connectivity index (χ4n) is 2.19. The maximum atomic E-state index is 5.77. The molecule has 1 aromatic carbocycles. The highest BCUT2D eigenvalue weighted by Crippen LogP contribution is 2.29. The Kier molecular flexibility index (Phi) is 1.99. The van der Waals surface area contributed by atoms with Crippen molar-refractivity contribution in [1.29, 1.82) is 0 Å². The van der Waals surface area contributed by atoms with Crippen molar-refractivity contribution in [2.45, 2.75) is 12.8 Å². The summed E-state index contributed by atoms with van der Waals surface area (Å²) in [5.41, 5.74) is 1.86. The first kappa shape index (κ1) is 8.92. The van der Waals surface area contributed by atoms with E-state index in [1.807, 2.05) is 24.3 Å². The zero-order valence-electron chi connectivity index (χ0n) is 8.73. The molecule has 1 aliphatic heterocycles. The van der Waals surface area contributed by atoms with Crippen molar-refractivity contribution in [1.82, 2.24) is 10.3 Å². The van der Waals surface area contributed by atoms with E-state index in [1.165, 1.54) is 0 Å². The zero-order valence-corrected chi connectivity index (χ0v) is 8.73. The summed E-state index contributed by atoms with van der Waals surface area (Å²) in [5, 5.41) is 3.36. The molecule has 3 rings (SSSR count). The summed E-state index contributed by atoms with van der Waals surface area (Å²) >= 11 is 0. The summed E-state index contributed by atoms with van der Waals surface area (Å²) in [6.45, 7) is 4.27. The van der Waals surface area contributed by atoms with Gasteiger partial charge in [0.25, 0.3) is 0 Å². The fraction of sp³-hybridized carbons (Fsp3) is 0.417. The zero-order chi connectivity index (χ0) is 10.3. The van der Waals surface area contributed by atoms with Gasteiger partial charge in [0.2, 0.25) is 0 Å². The predicted molar refractivity (Wildman–Crippen MR) is 58.8 cm³/mol. The molecule has 1 aromatic heterocycles. The molecule has 0 radical (unpaired) electrons. The van der Waals surface area contributed by atoms with Crippen LogP contribution in [-0.4, -0.2) is 18.1 Å². The Balaban J connectivity index is 2.04. The van der Waals surface area contributed by atoms with Gasteiger partial charge in [0.15, 0.2) is 11.5 Å². The smallest absolute Gasteiger partial charge is 0.200 e. The molecular formula is C12H14N2O. The lowest BCUT2D eigenvalue weighted by Crippen LogP contribution is -2.08. The minimum Gasteiger partial charge on any atom is -0.440 e. The van der Waals surface area contributed by atoms with E-state index in [0.29, 0.717) is 11.8 Å². The van der Waals surface area contributed by atoms with Crippen molar-refractivity contribution in [3.8, 4) is 0 Å². The first-order valence-electron chi connectivity index (χ1n) is 5.41. The van der Waals surface area contributed by atoms with Gasteiger partial charge in [-0.15, -0.1) is 0 Å². The summed E-state index contributed by atoms with van der Waals surface area (Å²) < 4.78 is 5.77. The van der Waals surface area contributed by atoms with Gasteiger partial charge >= 0.3 is 0 Å². The summed E-state index contributed by atoms with van der Waals surface area (Å²) in [6.07, 6.45) is 0. The third-order valence-corrected chi connectivity index (χ3v) is 3.15. The minimum atomic E-state index is 0.428. The quantitative estimate of drug-likeness (QED) is 0.770. The Morgan fingerprint density at radius 3 is 2.93 bits per heavy atom.